The van der Waals surface area contributed by atoms with Gasteiger partial charge in [0.15, 0.2) is 0 Å². The van der Waals surface area contributed by atoms with Gasteiger partial charge in [0, 0.05) is 47.6 Å². The average molecular weight is 841 g/mol. The van der Waals surface area contributed by atoms with Gasteiger partial charge in [0.25, 0.3) is 10.0 Å². The van der Waals surface area contributed by atoms with Crippen LogP contribution in [0.1, 0.15) is 81.7 Å². The Labute approximate surface area is 353 Å². The highest BCUT2D eigenvalue weighted by molar-refractivity contribution is 7.90. The fourth-order valence-corrected chi connectivity index (χ4v) is 16.3. The molecule has 0 aliphatic heterocycles. The van der Waals surface area contributed by atoms with Gasteiger partial charge >= 0.3 is 0 Å². The molecule has 10 nitrogen and oxygen atoms in total. The Morgan fingerprint density at radius 2 is 1.48 bits per heavy atom. The Morgan fingerprint density at radius 1 is 0.817 bits per heavy atom. The summed E-state index contributed by atoms with van der Waals surface area (Å²) in [7, 11) is -5.02. The molecule has 12 heteroatoms. The Morgan fingerprint density at radius 3 is 2.13 bits per heavy atom. The van der Waals surface area contributed by atoms with Crippen LogP contribution in [0.4, 0.5) is 0 Å². The molecule has 3 aromatic heterocycles. The number of aromatic nitrogens is 4. The number of hydrogen-bond acceptors (Lipinski definition) is 8. The van der Waals surface area contributed by atoms with Gasteiger partial charge in [0.05, 0.1) is 34.8 Å². The van der Waals surface area contributed by atoms with Crippen LogP contribution in [0.2, 0.25) is 16.6 Å². The minimum Gasteiger partial charge on any atom is -0.487 e. The van der Waals surface area contributed by atoms with E-state index in [0.717, 1.165) is 22.1 Å². The molecule has 1 aliphatic rings. The van der Waals surface area contributed by atoms with E-state index in [1.54, 1.807) is 55.1 Å². The van der Waals surface area contributed by atoms with Gasteiger partial charge in [-0.15, -0.1) is 0 Å². The maximum atomic E-state index is 14.3. The van der Waals surface area contributed by atoms with Gasteiger partial charge in [-0.05, 0) is 58.9 Å². The number of nitrogens with zero attached hydrogens (tertiary/aromatic N) is 4. The van der Waals surface area contributed by atoms with Crippen LogP contribution in [0.3, 0.4) is 0 Å². The summed E-state index contributed by atoms with van der Waals surface area (Å²) in [5.74, 6) is 0.620. The zero-order valence-corrected chi connectivity index (χ0v) is 37.5. The van der Waals surface area contributed by atoms with E-state index in [1.807, 2.05) is 67.7 Å². The normalized spacial score (nSPS) is 14.3. The van der Waals surface area contributed by atoms with Crippen LogP contribution in [-0.2, 0) is 27.5 Å². The molecular formula is C48H52N4O6SSi. The molecule has 0 radical (unpaired) electrons. The van der Waals surface area contributed by atoms with Crippen molar-refractivity contribution in [2.75, 3.05) is 7.11 Å². The minimum absolute atomic E-state index is 0.173. The summed E-state index contributed by atoms with van der Waals surface area (Å²) < 4.78 is 51.9. The van der Waals surface area contributed by atoms with Crippen LogP contribution in [-0.4, -0.2) is 48.3 Å². The minimum atomic E-state index is -4.01. The second-order valence-electron chi connectivity index (χ2n) is 16.8. The zero-order chi connectivity index (χ0) is 42.7. The third-order valence-corrected chi connectivity index (χ3v) is 20.0. The van der Waals surface area contributed by atoms with Gasteiger partial charge in [-0.25, -0.2) is 22.4 Å². The summed E-state index contributed by atoms with van der Waals surface area (Å²) in [6.07, 6.45) is 3.38. The van der Waals surface area contributed by atoms with Gasteiger partial charge in [-0.1, -0.05) is 114 Å². The maximum absolute atomic E-state index is 14.3. The number of carbonyl (C=O) groups excluding carboxylic acids is 1. The summed E-state index contributed by atoms with van der Waals surface area (Å²) in [6, 6.07) is 28.2. The second kappa shape index (κ2) is 15.8. The van der Waals surface area contributed by atoms with Crippen molar-refractivity contribution in [1.82, 2.24) is 18.5 Å². The predicted octanol–water partition coefficient (Wildman–Crippen LogP) is 11.3. The first-order valence-corrected chi connectivity index (χ1v) is 24.2. The van der Waals surface area contributed by atoms with E-state index in [-0.39, 0.29) is 33.3 Å². The fourth-order valence-electron chi connectivity index (χ4n) is 9.44. The van der Waals surface area contributed by atoms with Crippen LogP contribution < -0.4 is 9.47 Å². The highest BCUT2D eigenvalue weighted by atomic mass is 32.2. The average Bonchev–Trinajstić information content (AvgIpc) is 3.80. The van der Waals surface area contributed by atoms with Crippen LogP contribution in [0, 0.1) is 6.92 Å². The number of methoxy groups -OCH3 is 1. The Hall–Kier alpha value is -5.56. The lowest BCUT2D eigenvalue weighted by Gasteiger charge is -2.44. The first-order valence-electron chi connectivity index (χ1n) is 20.6. The molecule has 1 atom stereocenters. The van der Waals surface area contributed by atoms with E-state index in [1.165, 1.54) is 3.97 Å². The molecule has 4 aromatic carbocycles. The third kappa shape index (κ3) is 6.84. The van der Waals surface area contributed by atoms with Crippen LogP contribution in [0.25, 0.3) is 44.3 Å². The molecule has 7 aromatic rings. The van der Waals surface area contributed by atoms with Gasteiger partial charge in [-0.3, -0.25) is 9.36 Å². The number of rotatable bonds is 12. The van der Waals surface area contributed by atoms with E-state index in [2.05, 4.69) is 47.6 Å². The molecular weight excluding hydrogens is 789 g/mol. The first-order chi connectivity index (χ1) is 28.7. The molecule has 0 N–H and O–H groups in total. The van der Waals surface area contributed by atoms with Crippen molar-refractivity contribution >= 4 is 46.1 Å². The van der Waals surface area contributed by atoms with Gasteiger partial charge in [0.2, 0.25) is 20.1 Å². The predicted molar refractivity (Wildman–Crippen MR) is 240 cm³/mol. The quantitative estimate of drug-likeness (QED) is 0.112. The summed E-state index contributed by atoms with van der Waals surface area (Å²) >= 11 is 0. The fraction of sp³-hybridized carbons (Fsp3) is 0.312. The summed E-state index contributed by atoms with van der Waals surface area (Å²) in [5, 5.41) is 1.52. The molecule has 3 heterocycles. The number of ether oxygens (including phenoxy) is 2. The molecule has 1 aliphatic carbocycles. The van der Waals surface area contributed by atoms with Crippen molar-refractivity contribution in [2.24, 2.45) is 0 Å². The number of benzene rings is 4. The van der Waals surface area contributed by atoms with Crippen molar-refractivity contribution in [3.8, 4) is 34.1 Å². The number of para-hydroxylation sites is 1. The number of fused-ring (bicyclic) bond motifs is 3. The lowest BCUT2D eigenvalue weighted by atomic mass is 10.0. The zero-order valence-electron chi connectivity index (χ0n) is 35.7. The lowest BCUT2D eigenvalue weighted by molar-refractivity contribution is 0.0941. The second-order valence-corrected chi connectivity index (χ2v) is 24.0. The van der Waals surface area contributed by atoms with Crippen molar-refractivity contribution < 1.29 is 27.1 Å². The lowest BCUT2D eigenvalue weighted by Crippen LogP contribution is -2.49. The van der Waals surface area contributed by atoms with Crippen LogP contribution in [0.5, 0.6) is 11.6 Å². The Balaban J connectivity index is 1.39. The molecule has 0 amide bonds. The topological polar surface area (TPSA) is 115 Å². The monoisotopic (exact) mass is 840 g/mol. The summed E-state index contributed by atoms with van der Waals surface area (Å²) in [6.45, 7) is 17.4. The number of hydrogen-bond donors (Lipinski definition) is 0. The molecule has 310 valence electrons. The Kier molecular flexibility index (Phi) is 10.8. The van der Waals surface area contributed by atoms with E-state index in [9.17, 15) is 13.2 Å². The largest absolute Gasteiger partial charge is 0.487 e. The smallest absolute Gasteiger partial charge is 0.268 e. The molecule has 60 heavy (non-hydrogen) atoms. The molecule has 0 saturated carbocycles. The van der Waals surface area contributed by atoms with Crippen molar-refractivity contribution in [3.05, 3.63) is 126 Å². The van der Waals surface area contributed by atoms with Crippen LogP contribution in [0.15, 0.2) is 108 Å². The molecule has 0 fully saturated rings. The number of carbonyl (C=O) groups is 1. The van der Waals surface area contributed by atoms with Gasteiger partial charge in [-0.2, -0.15) is 0 Å². The summed E-state index contributed by atoms with van der Waals surface area (Å²) in [4.78, 5) is 24.4. The molecule has 0 bridgehead atoms. The van der Waals surface area contributed by atoms with Gasteiger partial charge in [0.1, 0.15) is 23.7 Å². The van der Waals surface area contributed by atoms with Crippen molar-refractivity contribution in [1.29, 1.82) is 0 Å². The van der Waals surface area contributed by atoms with Crippen LogP contribution >= 0.6 is 0 Å². The molecule has 0 saturated heterocycles. The highest BCUT2D eigenvalue weighted by Crippen LogP contribution is 2.51. The van der Waals surface area contributed by atoms with E-state index < -0.39 is 24.4 Å². The number of aryl methyl sites for hydroxylation is 1. The molecule has 1 unspecified atom stereocenters. The first kappa shape index (κ1) is 41.2. The molecule has 8 rings (SSSR count). The van der Waals surface area contributed by atoms with E-state index >= 15 is 0 Å². The SMILES string of the molecule is COc1nc2c(nc1-c1cn(S(=O)(=O)c3ccc(C)cc3)c3ccccc13)C(O[Si](C(C)C)(C(C)C)C(C)C)Cc1ccc(OCc3ccccc3)c3c1c-2cn3C(C)=O. The third-order valence-electron chi connectivity index (χ3n) is 12.2. The van der Waals surface area contributed by atoms with E-state index in [0.29, 0.717) is 63.4 Å². The Bertz CT molecular complexity index is 2840. The summed E-state index contributed by atoms with van der Waals surface area (Å²) in [5.41, 5.74) is 7.75. The van der Waals surface area contributed by atoms with Crippen molar-refractivity contribution in [3.63, 3.8) is 0 Å². The standard InChI is InChI=1S/C48H52N4O6SSi/c1-29(2)60(30(3)4,31(5)6)58-42-25-35-21-24-41(57-28-34-15-11-10-12-16-34)47-43(35)39(26-51(47)33(8)53)44-46(42)49-45(48(50-44)56-9)38-27-52(40-18-14-13-17-37(38)40)59(54,55)36-22-19-32(7)20-23-36/h10-24,26-27,29-31,42H,25,28H2,1-9H3. The van der Waals surface area contributed by atoms with Crippen molar-refractivity contribution in [2.45, 2.75) is 96.0 Å². The molecule has 0 spiro atoms. The highest BCUT2D eigenvalue weighted by Gasteiger charge is 2.48. The van der Waals surface area contributed by atoms with E-state index in [4.69, 9.17) is 23.9 Å². The van der Waals surface area contributed by atoms with Gasteiger partial charge < -0.3 is 13.9 Å². The maximum Gasteiger partial charge on any atom is 0.268 e.